The van der Waals surface area contributed by atoms with Crippen LogP contribution in [0.25, 0.3) is 0 Å². The normalized spacial score (nSPS) is 26.8. The second-order valence-corrected chi connectivity index (χ2v) is 8.70. The number of methoxy groups -OCH3 is 1. The number of carbonyl (C=O) groups is 1. The van der Waals surface area contributed by atoms with E-state index in [2.05, 4.69) is 0 Å². The predicted octanol–water partition coefficient (Wildman–Crippen LogP) is 2.43. The van der Waals surface area contributed by atoms with Crippen LogP contribution in [0.2, 0.25) is 0 Å². The standard InChI is InChI=1S/C22H33NO5/c1-14(11-24)21(26)23-10-18(22(3,13-23)15(2)25)17-7-8-19(27-4)20(9-17)28-12-16-5-6-16/h7-9,14-16,18,24-25H,5-6,10-13H2,1-4H3/t14-,15-,18+,22?/m1/s1. The van der Waals surface area contributed by atoms with E-state index in [4.69, 9.17) is 9.47 Å². The van der Waals surface area contributed by atoms with E-state index >= 15 is 0 Å². The minimum Gasteiger partial charge on any atom is -0.493 e. The van der Waals surface area contributed by atoms with Gasteiger partial charge in [-0.05, 0) is 43.4 Å². The number of benzene rings is 1. The molecule has 0 aromatic heterocycles. The summed E-state index contributed by atoms with van der Waals surface area (Å²) >= 11 is 0. The molecule has 2 N–H and O–H groups in total. The summed E-state index contributed by atoms with van der Waals surface area (Å²) in [5, 5.41) is 19.9. The molecule has 6 nitrogen and oxygen atoms in total. The van der Waals surface area contributed by atoms with Crippen molar-refractivity contribution in [3.05, 3.63) is 23.8 Å². The third kappa shape index (κ3) is 4.13. The molecule has 1 aliphatic carbocycles. The van der Waals surface area contributed by atoms with Crippen molar-refractivity contribution < 1.29 is 24.5 Å². The third-order valence-electron chi connectivity index (χ3n) is 6.45. The molecule has 6 heteroatoms. The highest BCUT2D eigenvalue weighted by atomic mass is 16.5. The van der Waals surface area contributed by atoms with E-state index < -0.39 is 17.4 Å². The zero-order valence-corrected chi connectivity index (χ0v) is 17.4. The van der Waals surface area contributed by atoms with Crippen molar-refractivity contribution in [2.24, 2.45) is 17.3 Å². The first-order valence-corrected chi connectivity index (χ1v) is 10.2. The molecule has 1 aliphatic heterocycles. The second kappa shape index (κ2) is 8.29. The number of amides is 1. The first-order valence-electron chi connectivity index (χ1n) is 10.2. The van der Waals surface area contributed by atoms with Gasteiger partial charge in [-0.2, -0.15) is 0 Å². The van der Waals surface area contributed by atoms with E-state index in [0.717, 1.165) is 5.56 Å². The first-order chi connectivity index (χ1) is 13.3. The van der Waals surface area contributed by atoms with Gasteiger partial charge < -0.3 is 24.6 Å². The molecule has 3 rings (SSSR count). The summed E-state index contributed by atoms with van der Waals surface area (Å²) in [4.78, 5) is 14.4. The molecule has 1 aromatic carbocycles. The van der Waals surface area contributed by atoms with Crippen molar-refractivity contribution in [1.82, 2.24) is 4.90 Å². The van der Waals surface area contributed by atoms with Gasteiger partial charge in [-0.25, -0.2) is 0 Å². The van der Waals surface area contributed by atoms with Gasteiger partial charge in [0.15, 0.2) is 11.5 Å². The molecular weight excluding hydrogens is 358 g/mol. The number of nitrogens with zero attached hydrogens (tertiary/aromatic N) is 1. The third-order valence-corrected chi connectivity index (χ3v) is 6.45. The van der Waals surface area contributed by atoms with Crippen LogP contribution in [-0.4, -0.2) is 60.5 Å². The maximum Gasteiger partial charge on any atom is 0.227 e. The molecule has 2 aliphatic rings. The van der Waals surface area contributed by atoms with Crippen LogP contribution < -0.4 is 9.47 Å². The number of carbonyl (C=O) groups excluding carboxylic acids is 1. The summed E-state index contributed by atoms with van der Waals surface area (Å²) in [5.74, 6) is 1.50. The van der Waals surface area contributed by atoms with Crippen LogP contribution in [-0.2, 0) is 4.79 Å². The zero-order chi connectivity index (χ0) is 20.5. The van der Waals surface area contributed by atoms with Crippen LogP contribution >= 0.6 is 0 Å². The van der Waals surface area contributed by atoms with Crippen molar-refractivity contribution in [1.29, 1.82) is 0 Å². The maximum absolute atomic E-state index is 12.7. The van der Waals surface area contributed by atoms with Crippen molar-refractivity contribution in [2.45, 2.75) is 45.6 Å². The Morgan fingerprint density at radius 3 is 2.61 bits per heavy atom. The lowest BCUT2D eigenvalue weighted by atomic mass is 9.72. The SMILES string of the molecule is COc1ccc([C@@H]2CN(C(=O)[C@H](C)CO)CC2(C)[C@@H](C)O)cc1OCC1CC1. The van der Waals surface area contributed by atoms with E-state index in [9.17, 15) is 15.0 Å². The fraction of sp³-hybridized carbons (Fsp3) is 0.682. The summed E-state index contributed by atoms with van der Waals surface area (Å²) in [6.45, 7) is 7.02. The lowest BCUT2D eigenvalue weighted by Crippen LogP contribution is -2.39. The fourth-order valence-electron chi connectivity index (χ4n) is 4.00. The molecule has 0 bridgehead atoms. The van der Waals surface area contributed by atoms with Crippen LogP contribution in [0, 0.1) is 17.3 Å². The van der Waals surface area contributed by atoms with Gasteiger partial charge in [0.25, 0.3) is 0 Å². The summed E-state index contributed by atoms with van der Waals surface area (Å²) in [6.07, 6.45) is 1.84. The molecule has 1 saturated carbocycles. The number of rotatable bonds is 8. The predicted molar refractivity (Wildman–Crippen MR) is 107 cm³/mol. The van der Waals surface area contributed by atoms with Gasteiger partial charge in [0.2, 0.25) is 5.91 Å². The molecule has 2 fully saturated rings. The lowest BCUT2D eigenvalue weighted by Gasteiger charge is -2.34. The fourth-order valence-corrected chi connectivity index (χ4v) is 4.00. The molecule has 0 spiro atoms. The van der Waals surface area contributed by atoms with Gasteiger partial charge in [0, 0.05) is 24.4 Å². The van der Waals surface area contributed by atoms with Crippen molar-refractivity contribution >= 4 is 5.91 Å². The highest BCUT2D eigenvalue weighted by Gasteiger charge is 2.48. The van der Waals surface area contributed by atoms with Crippen molar-refractivity contribution in [2.75, 3.05) is 33.4 Å². The van der Waals surface area contributed by atoms with Crippen LogP contribution in [0.5, 0.6) is 11.5 Å². The van der Waals surface area contributed by atoms with Crippen LogP contribution in [0.15, 0.2) is 18.2 Å². The summed E-state index contributed by atoms with van der Waals surface area (Å²) < 4.78 is 11.5. The van der Waals surface area contributed by atoms with Crippen LogP contribution in [0.1, 0.15) is 45.1 Å². The van der Waals surface area contributed by atoms with Gasteiger partial charge in [0.05, 0.1) is 32.3 Å². The number of aliphatic hydroxyl groups excluding tert-OH is 2. The Labute approximate surface area is 167 Å². The molecule has 156 valence electrons. The van der Waals surface area contributed by atoms with Crippen molar-refractivity contribution in [3.8, 4) is 11.5 Å². The van der Waals surface area contributed by atoms with Gasteiger partial charge in [0.1, 0.15) is 0 Å². The van der Waals surface area contributed by atoms with Gasteiger partial charge in [-0.1, -0.05) is 19.9 Å². The minimum atomic E-state index is -0.585. The Bertz CT molecular complexity index is 702. The molecule has 1 aromatic rings. The van der Waals surface area contributed by atoms with E-state index in [1.165, 1.54) is 12.8 Å². The monoisotopic (exact) mass is 391 g/mol. The van der Waals surface area contributed by atoms with E-state index in [-0.39, 0.29) is 18.4 Å². The zero-order valence-electron chi connectivity index (χ0n) is 17.4. The van der Waals surface area contributed by atoms with Crippen LogP contribution in [0.3, 0.4) is 0 Å². The molecule has 4 atom stereocenters. The smallest absolute Gasteiger partial charge is 0.227 e. The maximum atomic E-state index is 12.7. The summed E-state index contributed by atoms with van der Waals surface area (Å²) in [7, 11) is 1.63. The molecule has 28 heavy (non-hydrogen) atoms. The number of likely N-dealkylation sites (tertiary alicyclic amines) is 1. The number of aliphatic hydroxyl groups is 2. The summed E-state index contributed by atoms with van der Waals surface area (Å²) in [6, 6.07) is 5.90. The second-order valence-electron chi connectivity index (χ2n) is 8.70. The Balaban J connectivity index is 1.88. The van der Waals surface area contributed by atoms with E-state index in [0.29, 0.717) is 37.1 Å². The molecular formula is C22H33NO5. The van der Waals surface area contributed by atoms with Gasteiger partial charge in [-0.15, -0.1) is 0 Å². The average Bonchev–Trinajstić information content (AvgIpc) is 3.45. The molecule has 1 heterocycles. The quantitative estimate of drug-likeness (QED) is 0.712. The van der Waals surface area contributed by atoms with E-state index in [1.807, 2.05) is 25.1 Å². The Hall–Kier alpha value is -1.79. The molecule has 0 radical (unpaired) electrons. The highest BCUT2D eigenvalue weighted by Crippen LogP contribution is 2.47. The number of ether oxygens (including phenoxy) is 2. The van der Waals surface area contributed by atoms with Crippen molar-refractivity contribution in [3.63, 3.8) is 0 Å². The molecule has 1 amide bonds. The van der Waals surface area contributed by atoms with Gasteiger partial charge >= 0.3 is 0 Å². The summed E-state index contributed by atoms with van der Waals surface area (Å²) in [5.41, 5.74) is 0.551. The van der Waals surface area contributed by atoms with E-state index in [1.54, 1.807) is 25.9 Å². The highest BCUT2D eigenvalue weighted by molar-refractivity contribution is 5.79. The number of hydrogen-bond donors (Lipinski definition) is 2. The lowest BCUT2D eigenvalue weighted by molar-refractivity contribution is -0.135. The van der Waals surface area contributed by atoms with Crippen LogP contribution in [0.4, 0.5) is 0 Å². The number of hydrogen-bond acceptors (Lipinski definition) is 5. The topological polar surface area (TPSA) is 79.2 Å². The average molecular weight is 392 g/mol. The first kappa shape index (κ1) is 20.9. The Morgan fingerprint density at radius 2 is 2.04 bits per heavy atom. The minimum absolute atomic E-state index is 0.0310. The van der Waals surface area contributed by atoms with Gasteiger partial charge in [-0.3, -0.25) is 4.79 Å². The molecule has 1 unspecified atom stereocenters. The molecule has 1 saturated heterocycles. The Morgan fingerprint density at radius 1 is 1.32 bits per heavy atom. The Kier molecular flexibility index (Phi) is 6.20. The largest absolute Gasteiger partial charge is 0.493 e.